The highest BCUT2D eigenvalue weighted by Crippen LogP contribution is 2.18. The molecule has 0 atom stereocenters. The quantitative estimate of drug-likeness (QED) is 0.675. The van der Waals surface area contributed by atoms with Crippen molar-refractivity contribution in [2.75, 3.05) is 13.1 Å². The first-order valence-electron chi connectivity index (χ1n) is 8.18. The molecule has 1 N–H and O–H groups in total. The summed E-state index contributed by atoms with van der Waals surface area (Å²) in [5, 5.41) is 13.7. The summed E-state index contributed by atoms with van der Waals surface area (Å²) in [4.78, 5) is 24.5. The maximum Gasteiger partial charge on any atom is 0.407 e. The lowest BCUT2D eigenvalue weighted by Gasteiger charge is -2.32. The van der Waals surface area contributed by atoms with Gasteiger partial charge in [0, 0.05) is 37.8 Å². The van der Waals surface area contributed by atoms with Crippen molar-refractivity contribution in [3.63, 3.8) is 0 Å². The molecule has 0 bridgehead atoms. The number of carbonyl (C=O) groups is 1. The number of nitro benzene ring substituents is 1. The Morgan fingerprint density at radius 2 is 2.04 bits per heavy atom. The predicted octanol–water partition coefficient (Wildman–Crippen LogP) is 3.08. The number of alkyl carbamates (subject to hydrolysis) is 1. The summed E-state index contributed by atoms with van der Waals surface area (Å²) < 4.78 is 5.27. The van der Waals surface area contributed by atoms with Crippen LogP contribution in [0.3, 0.4) is 0 Å². The van der Waals surface area contributed by atoms with E-state index in [9.17, 15) is 14.9 Å². The number of hydrogen-bond donors (Lipinski definition) is 1. The number of non-ortho nitro benzene ring substituents is 1. The zero-order valence-electron chi connectivity index (χ0n) is 14.4. The molecule has 0 aliphatic carbocycles. The Morgan fingerprint density at radius 1 is 1.38 bits per heavy atom. The molecule has 1 amide bonds. The van der Waals surface area contributed by atoms with Crippen LogP contribution in [-0.2, 0) is 11.3 Å². The molecular weight excluding hydrogens is 310 g/mol. The lowest BCUT2D eigenvalue weighted by molar-refractivity contribution is -0.384. The fourth-order valence-electron chi connectivity index (χ4n) is 2.74. The average molecular weight is 335 g/mol. The van der Waals surface area contributed by atoms with Crippen molar-refractivity contribution in [2.45, 2.75) is 51.8 Å². The Morgan fingerprint density at radius 3 is 2.62 bits per heavy atom. The van der Waals surface area contributed by atoms with Crippen LogP contribution in [0.5, 0.6) is 0 Å². The highest BCUT2D eigenvalue weighted by molar-refractivity contribution is 5.68. The van der Waals surface area contributed by atoms with E-state index in [0.717, 1.165) is 31.5 Å². The number of piperidine rings is 1. The first-order valence-corrected chi connectivity index (χ1v) is 8.18. The van der Waals surface area contributed by atoms with Gasteiger partial charge in [-0.25, -0.2) is 4.79 Å². The molecule has 0 aromatic heterocycles. The van der Waals surface area contributed by atoms with Gasteiger partial charge >= 0.3 is 6.09 Å². The number of nitrogens with zero attached hydrogens (tertiary/aromatic N) is 2. The van der Waals surface area contributed by atoms with Gasteiger partial charge in [-0.15, -0.1) is 0 Å². The van der Waals surface area contributed by atoms with Gasteiger partial charge in [0.25, 0.3) is 5.69 Å². The van der Waals surface area contributed by atoms with Crippen LogP contribution in [0, 0.1) is 10.1 Å². The number of ether oxygens (including phenoxy) is 1. The molecule has 7 nitrogen and oxygen atoms in total. The standard InChI is InChI=1S/C17H25N3O4/c1-17(2,3)24-16(21)18-14-7-9-19(10-8-14)12-13-5-4-6-15(11-13)20(22)23/h4-6,11,14H,7-10,12H2,1-3H3,(H,18,21). The average Bonchev–Trinajstić information content (AvgIpc) is 2.47. The minimum atomic E-state index is -0.493. The molecular formula is C17H25N3O4. The van der Waals surface area contributed by atoms with Crippen molar-refractivity contribution in [3.8, 4) is 0 Å². The largest absolute Gasteiger partial charge is 0.444 e. The van der Waals surface area contributed by atoms with Gasteiger partial charge in [0.2, 0.25) is 0 Å². The molecule has 1 aliphatic rings. The number of carbonyl (C=O) groups excluding carboxylic acids is 1. The third-order valence-corrected chi connectivity index (χ3v) is 3.84. The van der Waals surface area contributed by atoms with Crippen LogP contribution in [-0.4, -0.2) is 40.6 Å². The Bertz CT molecular complexity index is 590. The van der Waals surface area contributed by atoms with Gasteiger partial charge in [-0.05, 0) is 39.2 Å². The highest BCUT2D eigenvalue weighted by Gasteiger charge is 2.23. The van der Waals surface area contributed by atoms with Crippen LogP contribution < -0.4 is 5.32 Å². The Balaban J connectivity index is 1.80. The second-order valence-electron chi connectivity index (χ2n) is 7.12. The van der Waals surface area contributed by atoms with E-state index in [1.54, 1.807) is 12.1 Å². The van der Waals surface area contributed by atoms with E-state index in [1.807, 2.05) is 26.8 Å². The van der Waals surface area contributed by atoms with E-state index in [-0.39, 0.29) is 22.7 Å². The Hall–Kier alpha value is -2.15. The van der Waals surface area contributed by atoms with Crippen LogP contribution in [0.1, 0.15) is 39.2 Å². The van der Waals surface area contributed by atoms with E-state index >= 15 is 0 Å². The van der Waals surface area contributed by atoms with Gasteiger partial charge in [0.1, 0.15) is 5.60 Å². The summed E-state index contributed by atoms with van der Waals surface area (Å²) in [5.41, 5.74) is 0.559. The number of benzene rings is 1. The molecule has 2 rings (SSSR count). The van der Waals surface area contributed by atoms with E-state index < -0.39 is 5.60 Å². The lowest BCUT2D eigenvalue weighted by Crippen LogP contribution is -2.45. The molecule has 1 heterocycles. The molecule has 0 spiro atoms. The molecule has 132 valence electrons. The smallest absolute Gasteiger partial charge is 0.407 e. The number of amides is 1. The first kappa shape index (κ1) is 18.2. The third kappa shape index (κ3) is 5.81. The summed E-state index contributed by atoms with van der Waals surface area (Å²) in [6, 6.07) is 6.84. The second-order valence-corrected chi connectivity index (χ2v) is 7.12. The maximum atomic E-state index is 11.8. The molecule has 1 aromatic carbocycles. The van der Waals surface area contributed by atoms with Gasteiger partial charge in [0.05, 0.1) is 4.92 Å². The predicted molar refractivity (Wildman–Crippen MR) is 90.8 cm³/mol. The fraction of sp³-hybridized carbons (Fsp3) is 0.588. The summed E-state index contributed by atoms with van der Waals surface area (Å²) >= 11 is 0. The van der Waals surface area contributed by atoms with E-state index in [2.05, 4.69) is 10.2 Å². The molecule has 0 radical (unpaired) electrons. The molecule has 0 unspecified atom stereocenters. The van der Waals surface area contributed by atoms with Crippen LogP contribution in [0.15, 0.2) is 24.3 Å². The van der Waals surface area contributed by atoms with Crippen molar-refractivity contribution in [1.82, 2.24) is 10.2 Å². The van der Waals surface area contributed by atoms with Crippen molar-refractivity contribution in [1.29, 1.82) is 0 Å². The first-order chi connectivity index (χ1) is 11.2. The summed E-state index contributed by atoms with van der Waals surface area (Å²) in [5.74, 6) is 0. The van der Waals surface area contributed by atoms with Gasteiger partial charge < -0.3 is 10.1 Å². The van der Waals surface area contributed by atoms with Gasteiger partial charge in [-0.1, -0.05) is 12.1 Å². The van der Waals surface area contributed by atoms with Gasteiger partial charge in [-0.3, -0.25) is 15.0 Å². The van der Waals surface area contributed by atoms with Gasteiger partial charge in [0.15, 0.2) is 0 Å². The Labute approximate surface area is 142 Å². The Kier molecular flexibility index (Phi) is 5.77. The minimum absolute atomic E-state index is 0.112. The number of hydrogen-bond acceptors (Lipinski definition) is 5. The number of nitro groups is 1. The molecule has 1 fully saturated rings. The molecule has 1 saturated heterocycles. The minimum Gasteiger partial charge on any atom is -0.444 e. The molecule has 0 saturated carbocycles. The van der Waals surface area contributed by atoms with Gasteiger partial charge in [-0.2, -0.15) is 0 Å². The molecule has 1 aromatic rings. The number of rotatable bonds is 4. The molecule has 7 heteroatoms. The summed E-state index contributed by atoms with van der Waals surface area (Å²) in [6.45, 7) is 7.88. The van der Waals surface area contributed by atoms with E-state index in [1.165, 1.54) is 6.07 Å². The zero-order chi connectivity index (χ0) is 17.7. The highest BCUT2D eigenvalue weighted by atomic mass is 16.6. The zero-order valence-corrected chi connectivity index (χ0v) is 14.4. The molecule has 24 heavy (non-hydrogen) atoms. The van der Waals surface area contributed by atoms with Crippen LogP contribution in [0.4, 0.5) is 10.5 Å². The topological polar surface area (TPSA) is 84.7 Å². The van der Waals surface area contributed by atoms with Crippen molar-refractivity contribution in [3.05, 3.63) is 39.9 Å². The third-order valence-electron chi connectivity index (χ3n) is 3.84. The van der Waals surface area contributed by atoms with E-state index in [0.29, 0.717) is 6.54 Å². The summed E-state index contributed by atoms with van der Waals surface area (Å²) in [6.07, 6.45) is 1.31. The SMILES string of the molecule is CC(C)(C)OC(=O)NC1CCN(Cc2cccc([N+](=O)[O-])c2)CC1. The number of nitrogens with one attached hydrogen (secondary N) is 1. The second kappa shape index (κ2) is 7.61. The maximum absolute atomic E-state index is 11.8. The molecule has 1 aliphatic heterocycles. The van der Waals surface area contributed by atoms with Crippen molar-refractivity contribution in [2.24, 2.45) is 0 Å². The van der Waals surface area contributed by atoms with Crippen LogP contribution in [0.25, 0.3) is 0 Å². The van der Waals surface area contributed by atoms with Crippen molar-refractivity contribution >= 4 is 11.8 Å². The van der Waals surface area contributed by atoms with E-state index in [4.69, 9.17) is 4.74 Å². The van der Waals surface area contributed by atoms with Crippen LogP contribution in [0.2, 0.25) is 0 Å². The fourth-order valence-corrected chi connectivity index (χ4v) is 2.74. The van der Waals surface area contributed by atoms with Crippen molar-refractivity contribution < 1.29 is 14.5 Å². The summed E-state index contributed by atoms with van der Waals surface area (Å²) in [7, 11) is 0. The number of likely N-dealkylation sites (tertiary alicyclic amines) is 1. The monoisotopic (exact) mass is 335 g/mol. The van der Waals surface area contributed by atoms with Crippen LogP contribution >= 0.6 is 0 Å². The lowest BCUT2D eigenvalue weighted by atomic mass is 10.0. The normalized spacial score (nSPS) is 16.6.